The molecule has 2 heterocycles. The van der Waals surface area contributed by atoms with E-state index in [9.17, 15) is 4.79 Å². The first-order valence-corrected chi connectivity index (χ1v) is 6.78. The molecule has 0 unspecified atom stereocenters. The second-order valence-electron chi connectivity index (χ2n) is 4.87. The maximum atomic E-state index is 11.7. The Hall–Kier alpha value is -1.46. The van der Waals surface area contributed by atoms with Gasteiger partial charge in [-0.1, -0.05) is 0 Å². The Kier molecular flexibility index (Phi) is 5.30. The first-order chi connectivity index (χ1) is 9.24. The van der Waals surface area contributed by atoms with E-state index in [1.807, 2.05) is 13.0 Å². The summed E-state index contributed by atoms with van der Waals surface area (Å²) in [5.41, 5.74) is 1.77. The summed E-state index contributed by atoms with van der Waals surface area (Å²) in [6.45, 7) is 4.44. The van der Waals surface area contributed by atoms with Gasteiger partial charge in [0, 0.05) is 6.20 Å². The van der Waals surface area contributed by atoms with E-state index in [1.54, 1.807) is 12.4 Å². The highest BCUT2D eigenvalue weighted by Gasteiger charge is 2.13. The van der Waals surface area contributed by atoms with E-state index >= 15 is 0 Å². The molecule has 1 saturated heterocycles. The highest BCUT2D eigenvalue weighted by atomic mass is 16.5. The zero-order chi connectivity index (χ0) is 13.5. The number of carbonyl (C=O) groups is 1. The van der Waals surface area contributed by atoms with Crippen LogP contribution < -0.4 is 10.6 Å². The number of aryl methyl sites for hydroxylation is 1. The van der Waals surface area contributed by atoms with Crippen molar-refractivity contribution in [2.45, 2.75) is 32.3 Å². The van der Waals surface area contributed by atoms with Crippen molar-refractivity contribution in [3.8, 4) is 0 Å². The molecule has 2 rings (SSSR count). The Morgan fingerprint density at radius 1 is 1.47 bits per heavy atom. The molecule has 1 aromatic rings. The van der Waals surface area contributed by atoms with Gasteiger partial charge in [-0.25, -0.2) is 0 Å². The quantitative estimate of drug-likeness (QED) is 0.845. The number of amides is 1. The Bertz CT molecular complexity index is 417. The minimum absolute atomic E-state index is 0.0265. The van der Waals surface area contributed by atoms with Crippen LogP contribution in [0.3, 0.4) is 0 Å². The molecule has 104 valence electrons. The molecular weight excluding hydrogens is 242 g/mol. The van der Waals surface area contributed by atoms with Crippen LogP contribution in [0.4, 0.5) is 5.69 Å². The van der Waals surface area contributed by atoms with Crippen LogP contribution in [0.15, 0.2) is 18.5 Å². The molecule has 1 aromatic heterocycles. The summed E-state index contributed by atoms with van der Waals surface area (Å²) in [4.78, 5) is 15.8. The van der Waals surface area contributed by atoms with Gasteiger partial charge >= 0.3 is 0 Å². The number of nitrogens with one attached hydrogen (secondary N) is 2. The largest absolute Gasteiger partial charge is 0.378 e. The predicted octanol–water partition coefficient (Wildman–Crippen LogP) is 1.49. The summed E-state index contributed by atoms with van der Waals surface area (Å²) in [6.07, 6.45) is 6.16. The van der Waals surface area contributed by atoms with Crippen LogP contribution in [0.1, 0.15) is 24.8 Å². The second-order valence-corrected chi connectivity index (χ2v) is 4.87. The van der Waals surface area contributed by atoms with E-state index in [-0.39, 0.29) is 5.91 Å². The van der Waals surface area contributed by atoms with Gasteiger partial charge in [-0.05, 0) is 44.5 Å². The van der Waals surface area contributed by atoms with Crippen LogP contribution in [0.5, 0.6) is 0 Å². The molecule has 0 radical (unpaired) electrons. The number of piperidine rings is 1. The van der Waals surface area contributed by atoms with Crippen molar-refractivity contribution >= 4 is 11.6 Å². The molecule has 1 amide bonds. The van der Waals surface area contributed by atoms with Crippen molar-refractivity contribution in [2.24, 2.45) is 0 Å². The standard InChI is InChI=1S/C14H21N3O2/c1-11-8-12(10-16-9-11)17-14(18)4-7-19-13-2-5-15-6-3-13/h8-10,13,15H,2-7H2,1H3,(H,17,18). The first kappa shape index (κ1) is 14.0. The fourth-order valence-electron chi connectivity index (χ4n) is 2.13. The summed E-state index contributed by atoms with van der Waals surface area (Å²) in [5, 5.41) is 6.11. The monoisotopic (exact) mass is 263 g/mol. The summed E-state index contributed by atoms with van der Waals surface area (Å²) in [6, 6.07) is 1.90. The van der Waals surface area contributed by atoms with Crippen molar-refractivity contribution < 1.29 is 9.53 Å². The minimum atomic E-state index is -0.0265. The average Bonchev–Trinajstić information content (AvgIpc) is 2.40. The summed E-state index contributed by atoms with van der Waals surface area (Å²) in [7, 11) is 0. The van der Waals surface area contributed by atoms with E-state index < -0.39 is 0 Å². The summed E-state index contributed by atoms with van der Waals surface area (Å²) < 4.78 is 5.70. The Balaban J connectivity index is 1.67. The predicted molar refractivity (Wildman–Crippen MR) is 74.1 cm³/mol. The number of aromatic nitrogens is 1. The van der Waals surface area contributed by atoms with Gasteiger partial charge in [-0.15, -0.1) is 0 Å². The second kappa shape index (κ2) is 7.21. The molecule has 19 heavy (non-hydrogen) atoms. The van der Waals surface area contributed by atoms with Crippen LogP contribution >= 0.6 is 0 Å². The third kappa shape index (κ3) is 4.96. The van der Waals surface area contributed by atoms with Crippen LogP contribution in [0.2, 0.25) is 0 Å². The molecule has 1 aliphatic rings. The van der Waals surface area contributed by atoms with Gasteiger partial charge in [0.1, 0.15) is 0 Å². The van der Waals surface area contributed by atoms with Gasteiger partial charge in [0.2, 0.25) is 5.91 Å². The zero-order valence-electron chi connectivity index (χ0n) is 11.3. The number of anilines is 1. The number of carbonyl (C=O) groups excluding carboxylic acids is 1. The highest BCUT2D eigenvalue weighted by Crippen LogP contribution is 2.09. The Morgan fingerprint density at radius 3 is 3.00 bits per heavy atom. The topological polar surface area (TPSA) is 63.2 Å². The Labute approximate surface area is 113 Å². The molecule has 5 nitrogen and oxygen atoms in total. The lowest BCUT2D eigenvalue weighted by Gasteiger charge is -2.22. The lowest BCUT2D eigenvalue weighted by atomic mass is 10.1. The van der Waals surface area contributed by atoms with Crippen molar-refractivity contribution in [1.29, 1.82) is 0 Å². The van der Waals surface area contributed by atoms with E-state index in [1.165, 1.54) is 0 Å². The Morgan fingerprint density at radius 2 is 2.26 bits per heavy atom. The molecule has 1 fully saturated rings. The SMILES string of the molecule is Cc1cncc(NC(=O)CCOC2CCNCC2)c1. The highest BCUT2D eigenvalue weighted by molar-refractivity contribution is 5.90. The normalized spacial score (nSPS) is 16.3. The molecular formula is C14H21N3O2. The number of rotatable bonds is 5. The number of hydrogen-bond donors (Lipinski definition) is 2. The van der Waals surface area contributed by atoms with Crippen molar-refractivity contribution in [3.05, 3.63) is 24.0 Å². The zero-order valence-corrected chi connectivity index (χ0v) is 11.3. The van der Waals surface area contributed by atoms with Gasteiger partial charge < -0.3 is 15.4 Å². The molecule has 0 saturated carbocycles. The maximum absolute atomic E-state index is 11.7. The molecule has 5 heteroatoms. The summed E-state index contributed by atoms with van der Waals surface area (Å²) >= 11 is 0. The van der Waals surface area contributed by atoms with Gasteiger partial charge in [0.15, 0.2) is 0 Å². The fourth-order valence-corrected chi connectivity index (χ4v) is 2.13. The molecule has 0 bridgehead atoms. The third-order valence-electron chi connectivity index (χ3n) is 3.13. The third-order valence-corrected chi connectivity index (χ3v) is 3.13. The molecule has 0 aromatic carbocycles. The van der Waals surface area contributed by atoms with Crippen LogP contribution in [-0.4, -0.2) is 36.7 Å². The van der Waals surface area contributed by atoms with Gasteiger partial charge in [0.25, 0.3) is 0 Å². The molecule has 2 N–H and O–H groups in total. The molecule has 1 aliphatic heterocycles. The number of pyridine rings is 1. The lowest BCUT2D eigenvalue weighted by molar-refractivity contribution is -0.117. The number of ether oxygens (including phenoxy) is 1. The summed E-state index contributed by atoms with van der Waals surface area (Å²) in [5.74, 6) is -0.0265. The van der Waals surface area contributed by atoms with Crippen molar-refractivity contribution in [2.75, 3.05) is 25.0 Å². The average molecular weight is 263 g/mol. The fraction of sp³-hybridized carbons (Fsp3) is 0.571. The number of nitrogens with zero attached hydrogens (tertiary/aromatic N) is 1. The molecule has 0 atom stereocenters. The minimum Gasteiger partial charge on any atom is -0.378 e. The molecule has 0 spiro atoms. The van der Waals surface area contributed by atoms with Crippen LogP contribution in [0, 0.1) is 6.92 Å². The van der Waals surface area contributed by atoms with Gasteiger partial charge in [-0.2, -0.15) is 0 Å². The van der Waals surface area contributed by atoms with Gasteiger partial charge in [-0.3, -0.25) is 9.78 Å². The smallest absolute Gasteiger partial charge is 0.226 e. The first-order valence-electron chi connectivity index (χ1n) is 6.78. The van der Waals surface area contributed by atoms with E-state index in [4.69, 9.17) is 4.74 Å². The molecule has 0 aliphatic carbocycles. The maximum Gasteiger partial charge on any atom is 0.226 e. The van der Waals surface area contributed by atoms with E-state index in [0.717, 1.165) is 37.2 Å². The number of hydrogen-bond acceptors (Lipinski definition) is 4. The van der Waals surface area contributed by atoms with E-state index in [2.05, 4.69) is 15.6 Å². The van der Waals surface area contributed by atoms with Crippen molar-refractivity contribution in [1.82, 2.24) is 10.3 Å². The van der Waals surface area contributed by atoms with Gasteiger partial charge in [0.05, 0.1) is 31.0 Å². The lowest BCUT2D eigenvalue weighted by Crippen LogP contribution is -2.33. The van der Waals surface area contributed by atoms with Crippen molar-refractivity contribution in [3.63, 3.8) is 0 Å². The van der Waals surface area contributed by atoms with Crippen LogP contribution in [0.25, 0.3) is 0 Å². The van der Waals surface area contributed by atoms with E-state index in [0.29, 0.717) is 19.1 Å². The van der Waals surface area contributed by atoms with Crippen LogP contribution in [-0.2, 0) is 9.53 Å².